The van der Waals surface area contributed by atoms with Gasteiger partial charge in [0.2, 0.25) is 5.91 Å². The van der Waals surface area contributed by atoms with Gasteiger partial charge < -0.3 is 10.1 Å². The van der Waals surface area contributed by atoms with E-state index in [1.807, 2.05) is 23.8 Å². The van der Waals surface area contributed by atoms with Crippen LogP contribution in [0.3, 0.4) is 0 Å². The van der Waals surface area contributed by atoms with Gasteiger partial charge in [-0.25, -0.2) is 14.4 Å². The first kappa shape index (κ1) is 19.6. The lowest BCUT2D eigenvalue weighted by molar-refractivity contribution is -0.116. The number of thiophene rings is 1. The number of hydrogen-bond acceptors (Lipinski definition) is 6. The fourth-order valence-electron chi connectivity index (χ4n) is 3.11. The number of carbonyl (C=O) groups excluding carboxylic acids is 1. The summed E-state index contributed by atoms with van der Waals surface area (Å²) in [5.41, 5.74) is 1.99. The number of aromatic nitrogens is 2. The molecule has 1 aliphatic rings. The second kappa shape index (κ2) is 8.75. The van der Waals surface area contributed by atoms with Crippen molar-refractivity contribution >= 4 is 35.1 Å². The van der Waals surface area contributed by atoms with Crippen molar-refractivity contribution in [3.05, 3.63) is 64.2 Å². The van der Waals surface area contributed by atoms with Crippen molar-refractivity contribution in [1.29, 1.82) is 0 Å². The number of carbonyl (C=O) groups is 1. The normalized spacial score (nSPS) is 15.3. The van der Waals surface area contributed by atoms with E-state index in [1.165, 1.54) is 30.0 Å². The molecule has 1 N–H and O–H groups in total. The maximum atomic E-state index is 14.2. The Morgan fingerprint density at radius 2 is 2.34 bits per heavy atom. The summed E-state index contributed by atoms with van der Waals surface area (Å²) in [4.78, 5) is 21.7. The zero-order valence-electron chi connectivity index (χ0n) is 15.6. The summed E-state index contributed by atoms with van der Waals surface area (Å²) >= 11 is 2.98. The van der Waals surface area contributed by atoms with Crippen molar-refractivity contribution in [2.45, 2.75) is 17.7 Å². The summed E-state index contributed by atoms with van der Waals surface area (Å²) in [6.07, 6.45) is 7.08. The third kappa shape index (κ3) is 4.65. The molecular formula is C21H18FN3O2S2. The lowest BCUT2D eigenvalue weighted by Crippen LogP contribution is -2.33. The molecule has 8 heteroatoms. The third-order valence-electron chi connectivity index (χ3n) is 4.40. The molecule has 1 aromatic carbocycles. The zero-order chi connectivity index (χ0) is 20.2. The average Bonchev–Trinajstić information content (AvgIpc) is 3.39. The van der Waals surface area contributed by atoms with Crippen LogP contribution in [0.15, 0.2) is 53.1 Å². The molecule has 3 aromatic rings. The van der Waals surface area contributed by atoms with Crippen LogP contribution in [-0.2, 0) is 11.2 Å². The van der Waals surface area contributed by atoms with Gasteiger partial charge in [-0.15, -0.1) is 11.3 Å². The number of nitrogens with one attached hydrogen (secondary N) is 1. The van der Waals surface area contributed by atoms with Gasteiger partial charge in [-0.2, -0.15) is 0 Å². The maximum absolute atomic E-state index is 14.2. The molecule has 0 radical (unpaired) electrons. The Balaban J connectivity index is 1.46. The van der Waals surface area contributed by atoms with Crippen molar-refractivity contribution in [1.82, 2.24) is 15.3 Å². The van der Waals surface area contributed by atoms with Crippen LogP contribution in [-0.4, -0.2) is 34.8 Å². The lowest BCUT2D eigenvalue weighted by atomic mass is 10.0. The maximum Gasteiger partial charge on any atom is 0.244 e. The van der Waals surface area contributed by atoms with E-state index < -0.39 is 0 Å². The molecule has 0 spiro atoms. The largest absolute Gasteiger partial charge is 0.487 e. The van der Waals surface area contributed by atoms with E-state index in [2.05, 4.69) is 15.3 Å². The van der Waals surface area contributed by atoms with Crippen molar-refractivity contribution in [3.63, 3.8) is 0 Å². The minimum atomic E-state index is -0.338. The number of benzene rings is 1. The van der Waals surface area contributed by atoms with Crippen molar-refractivity contribution in [2.24, 2.45) is 0 Å². The number of amides is 1. The molecule has 0 fully saturated rings. The van der Waals surface area contributed by atoms with Crippen LogP contribution in [0.25, 0.3) is 17.3 Å². The second-order valence-electron chi connectivity index (χ2n) is 6.41. The highest BCUT2D eigenvalue weighted by Gasteiger charge is 2.27. The highest BCUT2D eigenvalue weighted by Crippen LogP contribution is 2.39. The number of hydrogen-bond donors (Lipinski definition) is 1. The van der Waals surface area contributed by atoms with Gasteiger partial charge >= 0.3 is 0 Å². The van der Waals surface area contributed by atoms with Gasteiger partial charge in [0.05, 0.1) is 12.2 Å². The molecule has 29 heavy (non-hydrogen) atoms. The van der Waals surface area contributed by atoms with Crippen LogP contribution >= 0.6 is 23.1 Å². The topological polar surface area (TPSA) is 64.1 Å². The van der Waals surface area contributed by atoms with E-state index in [4.69, 9.17) is 4.74 Å². The molecule has 2 aromatic heterocycles. The quantitative estimate of drug-likeness (QED) is 0.363. The molecule has 148 valence electrons. The Kier molecular flexibility index (Phi) is 5.92. The van der Waals surface area contributed by atoms with E-state index in [-0.39, 0.29) is 17.8 Å². The van der Waals surface area contributed by atoms with Crippen molar-refractivity contribution in [3.8, 4) is 17.0 Å². The van der Waals surface area contributed by atoms with Crippen LogP contribution in [0, 0.1) is 5.82 Å². The molecule has 5 nitrogen and oxygen atoms in total. The smallest absolute Gasteiger partial charge is 0.244 e. The Bertz CT molecular complexity index is 1050. The molecule has 4 rings (SSSR count). The molecule has 0 saturated carbocycles. The number of fused-ring (bicyclic) bond motifs is 1. The van der Waals surface area contributed by atoms with Crippen molar-refractivity contribution in [2.75, 3.05) is 12.8 Å². The minimum absolute atomic E-state index is 0.190. The lowest BCUT2D eigenvalue weighted by Gasteiger charge is -2.13. The van der Waals surface area contributed by atoms with Crippen LogP contribution in [0.2, 0.25) is 0 Å². The molecule has 3 heterocycles. The predicted octanol–water partition coefficient (Wildman–Crippen LogP) is 4.20. The molecule has 1 unspecified atom stereocenters. The fourth-order valence-corrected chi connectivity index (χ4v) is 4.08. The summed E-state index contributed by atoms with van der Waals surface area (Å²) in [6, 6.07) is 8.52. The molecular weight excluding hydrogens is 409 g/mol. The Labute approximate surface area is 176 Å². The number of halogens is 1. The first-order valence-corrected chi connectivity index (χ1v) is 11.1. The number of thioether (sulfide) groups is 1. The monoisotopic (exact) mass is 427 g/mol. The number of nitrogens with zero attached hydrogens (tertiary/aromatic N) is 2. The summed E-state index contributed by atoms with van der Waals surface area (Å²) in [5.74, 6) is 0.0885. The summed E-state index contributed by atoms with van der Waals surface area (Å²) < 4.78 is 20.2. The van der Waals surface area contributed by atoms with Gasteiger partial charge in [-0.05, 0) is 42.0 Å². The second-order valence-corrected chi connectivity index (χ2v) is 8.16. The minimum Gasteiger partial charge on any atom is -0.487 e. The van der Waals surface area contributed by atoms with Gasteiger partial charge in [0.1, 0.15) is 17.7 Å². The van der Waals surface area contributed by atoms with E-state index in [0.29, 0.717) is 35.1 Å². The van der Waals surface area contributed by atoms with Crippen molar-refractivity contribution < 1.29 is 13.9 Å². The first-order chi connectivity index (χ1) is 14.1. The first-order valence-electron chi connectivity index (χ1n) is 8.98. The molecule has 0 bridgehead atoms. The predicted molar refractivity (Wildman–Crippen MR) is 114 cm³/mol. The van der Waals surface area contributed by atoms with Crippen LogP contribution in [0.5, 0.6) is 5.75 Å². The summed E-state index contributed by atoms with van der Waals surface area (Å²) in [6.45, 7) is 0.336. The van der Waals surface area contributed by atoms with Gasteiger partial charge in [0.25, 0.3) is 0 Å². The summed E-state index contributed by atoms with van der Waals surface area (Å²) in [7, 11) is 0. The van der Waals surface area contributed by atoms with E-state index in [9.17, 15) is 9.18 Å². The highest BCUT2D eigenvalue weighted by atomic mass is 32.2. The van der Waals surface area contributed by atoms with E-state index in [1.54, 1.807) is 29.7 Å². The Morgan fingerprint density at radius 3 is 3.14 bits per heavy atom. The Hall–Kier alpha value is -2.71. The SMILES string of the molecule is CSc1nccc(-c2cc(F)cc3c2OC(CNC(=O)/C=C/c2cccs2)C3)n1. The Morgan fingerprint density at radius 1 is 1.45 bits per heavy atom. The molecule has 0 saturated heterocycles. The average molecular weight is 428 g/mol. The molecule has 1 aliphatic heterocycles. The standard InChI is InChI=1S/C21H18FN3O2S2/c1-28-21-23-7-6-18(25-21)17-11-14(22)9-13-10-15(27-20(13)17)12-24-19(26)5-4-16-3-2-8-29-16/h2-9,11,15H,10,12H2,1H3,(H,24,26)/b5-4+. The highest BCUT2D eigenvalue weighted by molar-refractivity contribution is 7.98. The van der Waals surface area contributed by atoms with E-state index in [0.717, 1.165) is 10.4 Å². The van der Waals surface area contributed by atoms with Gasteiger partial charge in [-0.3, -0.25) is 4.79 Å². The third-order valence-corrected chi connectivity index (χ3v) is 5.80. The van der Waals surface area contributed by atoms with Crippen LogP contribution < -0.4 is 10.1 Å². The molecule has 1 atom stereocenters. The molecule has 0 aliphatic carbocycles. The van der Waals surface area contributed by atoms with Crippen LogP contribution in [0.1, 0.15) is 10.4 Å². The van der Waals surface area contributed by atoms with E-state index >= 15 is 0 Å². The van der Waals surface area contributed by atoms with Gasteiger partial charge in [0, 0.05) is 34.7 Å². The number of rotatable bonds is 6. The molecule has 1 amide bonds. The van der Waals surface area contributed by atoms with Gasteiger partial charge in [-0.1, -0.05) is 17.8 Å². The van der Waals surface area contributed by atoms with Crippen LogP contribution in [0.4, 0.5) is 4.39 Å². The number of ether oxygens (including phenoxy) is 1. The van der Waals surface area contributed by atoms with Gasteiger partial charge in [0.15, 0.2) is 5.16 Å². The fraction of sp³-hybridized carbons (Fsp3) is 0.190. The summed E-state index contributed by atoms with van der Waals surface area (Å²) in [5, 5.41) is 5.41. The zero-order valence-corrected chi connectivity index (χ0v) is 17.2.